The van der Waals surface area contributed by atoms with Gasteiger partial charge < -0.3 is 10.2 Å². The number of hydrogen-bond donors (Lipinski definition) is 1. The van der Waals surface area contributed by atoms with Crippen LogP contribution in [0.4, 0.5) is 5.69 Å². The SMILES string of the molecule is Cl.O=C(Cc1ccccc1[N+](=O)[O-])N1CCN(C2CCNC2)CC1. The van der Waals surface area contributed by atoms with Crippen LogP contribution in [0.15, 0.2) is 24.3 Å². The van der Waals surface area contributed by atoms with Crippen LogP contribution in [-0.4, -0.2) is 65.9 Å². The molecule has 1 amide bonds. The molecular weight excluding hydrogens is 332 g/mol. The molecule has 3 rings (SSSR count). The summed E-state index contributed by atoms with van der Waals surface area (Å²) in [5.41, 5.74) is 0.515. The van der Waals surface area contributed by atoms with E-state index in [1.165, 1.54) is 12.5 Å². The van der Waals surface area contributed by atoms with Gasteiger partial charge in [0.05, 0.1) is 11.3 Å². The van der Waals surface area contributed by atoms with Crippen molar-refractivity contribution in [3.05, 3.63) is 39.9 Å². The second-order valence-corrected chi connectivity index (χ2v) is 6.13. The Balaban J connectivity index is 0.00000208. The quantitative estimate of drug-likeness (QED) is 0.646. The molecule has 1 N–H and O–H groups in total. The van der Waals surface area contributed by atoms with Crippen LogP contribution in [-0.2, 0) is 11.2 Å². The predicted octanol–water partition coefficient (Wildman–Crippen LogP) is 1.07. The van der Waals surface area contributed by atoms with E-state index in [1.807, 2.05) is 4.90 Å². The molecule has 0 saturated carbocycles. The predicted molar refractivity (Wildman–Crippen MR) is 93.5 cm³/mol. The molecule has 24 heavy (non-hydrogen) atoms. The number of carbonyl (C=O) groups is 1. The van der Waals surface area contributed by atoms with Crippen molar-refractivity contribution in [1.29, 1.82) is 0 Å². The molecule has 1 unspecified atom stereocenters. The Labute approximate surface area is 147 Å². The van der Waals surface area contributed by atoms with E-state index >= 15 is 0 Å². The van der Waals surface area contributed by atoms with Crippen molar-refractivity contribution >= 4 is 24.0 Å². The molecule has 2 aliphatic rings. The third-order valence-corrected chi connectivity index (χ3v) is 4.75. The number of amides is 1. The van der Waals surface area contributed by atoms with E-state index in [4.69, 9.17) is 0 Å². The lowest BCUT2D eigenvalue weighted by atomic mass is 10.1. The number of para-hydroxylation sites is 1. The maximum absolute atomic E-state index is 12.4. The maximum Gasteiger partial charge on any atom is 0.273 e. The molecule has 2 aliphatic heterocycles. The molecule has 2 saturated heterocycles. The van der Waals surface area contributed by atoms with E-state index in [9.17, 15) is 14.9 Å². The summed E-state index contributed by atoms with van der Waals surface area (Å²) in [5, 5.41) is 14.4. The Bertz CT molecular complexity index is 584. The van der Waals surface area contributed by atoms with Gasteiger partial charge in [-0.25, -0.2) is 0 Å². The lowest BCUT2D eigenvalue weighted by Crippen LogP contribution is -2.52. The third-order valence-electron chi connectivity index (χ3n) is 4.75. The minimum absolute atomic E-state index is 0. The molecule has 1 aromatic carbocycles. The zero-order chi connectivity index (χ0) is 16.2. The highest BCUT2D eigenvalue weighted by molar-refractivity contribution is 5.85. The van der Waals surface area contributed by atoms with Crippen LogP contribution < -0.4 is 5.32 Å². The Kier molecular flexibility index (Phi) is 6.53. The number of nitrogens with one attached hydrogen (secondary N) is 1. The number of benzene rings is 1. The first kappa shape index (κ1) is 18.6. The highest BCUT2D eigenvalue weighted by Gasteiger charge is 2.28. The van der Waals surface area contributed by atoms with Crippen molar-refractivity contribution in [3.8, 4) is 0 Å². The number of halogens is 1. The minimum Gasteiger partial charge on any atom is -0.340 e. The van der Waals surface area contributed by atoms with Gasteiger partial charge in [0.2, 0.25) is 5.91 Å². The van der Waals surface area contributed by atoms with Gasteiger partial charge in [-0.3, -0.25) is 19.8 Å². The van der Waals surface area contributed by atoms with Crippen LogP contribution in [0.1, 0.15) is 12.0 Å². The Morgan fingerprint density at radius 3 is 2.58 bits per heavy atom. The van der Waals surface area contributed by atoms with E-state index in [-0.39, 0.29) is 30.4 Å². The first-order valence-electron chi connectivity index (χ1n) is 8.10. The summed E-state index contributed by atoms with van der Waals surface area (Å²) in [5.74, 6) is -0.0245. The van der Waals surface area contributed by atoms with E-state index in [2.05, 4.69) is 10.2 Å². The monoisotopic (exact) mass is 354 g/mol. The molecular formula is C16H23ClN4O3. The van der Waals surface area contributed by atoms with Crippen LogP contribution >= 0.6 is 12.4 Å². The van der Waals surface area contributed by atoms with Crippen molar-refractivity contribution in [3.63, 3.8) is 0 Å². The lowest BCUT2D eigenvalue weighted by Gasteiger charge is -2.37. The number of nitro groups is 1. The Hall–Kier alpha value is -1.70. The van der Waals surface area contributed by atoms with E-state index in [1.54, 1.807) is 18.2 Å². The number of piperazine rings is 1. The Morgan fingerprint density at radius 1 is 1.25 bits per heavy atom. The first-order valence-corrected chi connectivity index (χ1v) is 8.10. The largest absolute Gasteiger partial charge is 0.340 e. The fraction of sp³-hybridized carbons (Fsp3) is 0.562. The van der Waals surface area contributed by atoms with Gasteiger partial charge in [-0.15, -0.1) is 12.4 Å². The van der Waals surface area contributed by atoms with Crippen molar-refractivity contribution in [2.24, 2.45) is 0 Å². The van der Waals surface area contributed by atoms with Gasteiger partial charge in [-0.05, 0) is 13.0 Å². The topological polar surface area (TPSA) is 78.7 Å². The van der Waals surface area contributed by atoms with Crippen LogP contribution in [0, 0.1) is 10.1 Å². The summed E-state index contributed by atoms with van der Waals surface area (Å²) in [6.07, 6.45) is 1.27. The zero-order valence-electron chi connectivity index (χ0n) is 13.5. The first-order chi connectivity index (χ1) is 11.1. The molecule has 0 spiro atoms. The maximum atomic E-state index is 12.4. The van der Waals surface area contributed by atoms with Crippen molar-refractivity contribution < 1.29 is 9.72 Å². The normalized spacial score (nSPS) is 21.3. The van der Waals surface area contributed by atoms with Crippen LogP contribution in [0.2, 0.25) is 0 Å². The number of carbonyl (C=O) groups excluding carboxylic acids is 1. The molecule has 0 radical (unpaired) electrons. The number of nitro benzene ring substituents is 1. The van der Waals surface area contributed by atoms with Gasteiger partial charge in [-0.2, -0.15) is 0 Å². The van der Waals surface area contributed by atoms with Gasteiger partial charge in [-0.1, -0.05) is 18.2 Å². The van der Waals surface area contributed by atoms with Crippen molar-refractivity contribution in [2.45, 2.75) is 18.9 Å². The van der Waals surface area contributed by atoms with E-state index < -0.39 is 4.92 Å². The minimum atomic E-state index is -0.423. The standard InChI is InChI=1S/C16H22N4O3.ClH/c21-16(11-13-3-1-2-4-15(13)20(22)23)19-9-7-18(8-10-19)14-5-6-17-12-14;/h1-4,14,17H,5-12H2;1H. The summed E-state index contributed by atoms with van der Waals surface area (Å²) >= 11 is 0. The summed E-state index contributed by atoms with van der Waals surface area (Å²) < 4.78 is 0. The molecule has 8 heteroatoms. The number of hydrogen-bond acceptors (Lipinski definition) is 5. The molecule has 1 atom stereocenters. The zero-order valence-corrected chi connectivity index (χ0v) is 14.3. The van der Waals surface area contributed by atoms with Gasteiger partial charge >= 0.3 is 0 Å². The second kappa shape index (κ2) is 8.41. The average Bonchev–Trinajstić information content (AvgIpc) is 3.10. The molecule has 7 nitrogen and oxygen atoms in total. The summed E-state index contributed by atoms with van der Waals surface area (Å²) in [6.45, 7) is 5.28. The fourth-order valence-corrected chi connectivity index (χ4v) is 3.40. The molecule has 0 aromatic heterocycles. The molecule has 2 heterocycles. The van der Waals surface area contributed by atoms with Crippen molar-refractivity contribution in [2.75, 3.05) is 39.3 Å². The summed E-state index contributed by atoms with van der Waals surface area (Å²) in [6, 6.07) is 7.06. The fourth-order valence-electron chi connectivity index (χ4n) is 3.40. The van der Waals surface area contributed by atoms with Gasteiger partial charge in [0.1, 0.15) is 0 Å². The molecule has 2 fully saturated rings. The molecule has 0 bridgehead atoms. The summed E-state index contributed by atoms with van der Waals surface area (Å²) in [4.78, 5) is 27.3. The van der Waals surface area contributed by atoms with Crippen molar-refractivity contribution in [1.82, 2.24) is 15.1 Å². The highest BCUT2D eigenvalue weighted by atomic mass is 35.5. The Morgan fingerprint density at radius 2 is 1.96 bits per heavy atom. The van der Waals surface area contributed by atoms with Crippen LogP contribution in [0.3, 0.4) is 0 Å². The number of rotatable bonds is 4. The average molecular weight is 355 g/mol. The molecule has 1 aromatic rings. The highest BCUT2D eigenvalue weighted by Crippen LogP contribution is 2.19. The third kappa shape index (κ3) is 4.23. The number of nitrogens with zero attached hydrogens (tertiary/aromatic N) is 3. The molecule has 132 valence electrons. The summed E-state index contributed by atoms with van der Waals surface area (Å²) in [7, 11) is 0. The second-order valence-electron chi connectivity index (χ2n) is 6.13. The van der Waals surface area contributed by atoms with Crippen LogP contribution in [0.25, 0.3) is 0 Å². The molecule has 0 aliphatic carbocycles. The van der Waals surface area contributed by atoms with Gasteiger partial charge in [0.15, 0.2) is 0 Å². The van der Waals surface area contributed by atoms with Crippen LogP contribution in [0.5, 0.6) is 0 Å². The van der Waals surface area contributed by atoms with Gasteiger partial charge in [0.25, 0.3) is 5.69 Å². The van der Waals surface area contributed by atoms with E-state index in [0.717, 1.165) is 26.2 Å². The van der Waals surface area contributed by atoms with Gasteiger partial charge in [0, 0.05) is 50.4 Å². The lowest BCUT2D eigenvalue weighted by molar-refractivity contribution is -0.385. The van der Waals surface area contributed by atoms with E-state index in [0.29, 0.717) is 24.7 Å². The smallest absolute Gasteiger partial charge is 0.273 e.